The van der Waals surface area contributed by atoms with E-state index in [-0.39, 0.29) is 5.91 Å². The van der Waals surface area contributed by atoms with Crippen LogP contribution in [-0.2, 0) is 16.0 Å². The molecular formula is C18H17BrN2O3. The van der Waals surface area contributed by atoms with Gasteiger partial charge in [-0.3, -0.25) is 4.79 Å². The van der Waals surface area contributed by atoms with Crippen molar-refractivity contribution in [1.82, 2.24) is 5.43 Å². The first-order valence-electron chi connectivity index (χ1n) is 7.55. The second-order valence-electron chi connectivity index (χ2n) is 5.32. The molecule has 2 aromatic carbocycles. The largest absolute Gasteiger partial charge is 0.496 e. The summed E-state index contributed by atoms with van der Waals surface area (Å²) in [5, 5.41) is 4.03. The van der Waals surface area contributed by atoms with Gasteiger partial charge >= 0.3 is 0 Å². The number of hydrazone groups is 1. The second-order valence-corrected chi connectivity index (χ2v) is 6.24. The Hall–Kier alpha value is -2.18. The van der Waals surface area contributed by atoms with E-state index in [0.29, 0.717) is 12.4 Å². The molecule has 24 heavy (non-hydrogen) atoms. The molecule has 0 aromatic heterocycles. The van der Waals surface area contributed by atoms with Gasteiger partial charge in [0.15, 0.2) is 6.10 Å². The topological polar surface area (TPSA) is 59.9 Å². The molecule has 3 rings (SSSR count). The number of halogens is 1. The Balaban J connectivity index is 1.72. The first-order chi connectivity index (χ1) is 11.7. The van der Waals surface area contributed by atoms with Crippen LogP contribution in [0.5, 0.6) is 5.75 Å². The fourth-order valence-electron chi connectivity index (χ4n) is 2.64. The van der Waals surface area contributed by atoms with Crippen molar-refractivity contribution in [2.75, 3.05) is 13.7 Å². The minimum atomic E-state index is -0.628. The van der Waals surface area contributed by atoms with Crippen LogP contribution < -0.4 is 10.2 Å². The summed E-state index contributed by atoms with van der Waals surface area (Å²) in [6.07, 6.45) is 1.74. The lowest BCUT2D eigenvalue weighted by Crippen LogP contribution is -2.31. The van der Waals surface area contributed by atoms with Gasteiger partial charge in [-0.1, -0.05) is 40.2 Å². The van der Waals surface area contributed by atoms with E-state index in [1.54, 1.807) is 13.3 Å². The van der Waals surface area contributed by atoms with Gasteiger partial charge in [-0.05, 0) is 35.7 Å². The summed E-state index contributed by atoms with van der Waals surface area (Å²) in [7, 11) is 1.59. The van der Waals surface area contributed by atoms with Gasteiger partial charge in [0.25, 0.3) is 5.91 Å². The number of hydrogen-bond donors (Lipinski definition) is 1. The highest BCUT2D eigenvalue weighted by molar-refractivity contribution is 9.10. The summed E-state index contributed by atoms with van der Waals surface area (Å²) in [5.74, 6) is 0.392. The quantitative estimate of drug-likeness (QED) is 0.645. The van der Waals surface area contributed by atoms with Crippen molar-refractivity contribution in [2.45, 2.75) is 12.5 Å². The zero-order valence-corrected chi connectivity index (χ0v) is 14.7. The number of carbonyl (C=O) groups is 1. The first kappa shape index (κ1) is 16.7. The second kappa shape index (κ2) is 7.59. The molecule has 1 unspecified atom stereocenters. The van der Waals surface area contributed by atoms with Crippen molar-refractivity contribution in [2.24, 2.45) is 5.10 Å². The molecule has 0 spiro atoms. The third-order valence-electron chi connectivity index (χ3n) is 3.80. The molecule has 1 N–H and O–H groups in total. The highest BCUT2D eigenvalue weighted by atomic mass is 79.9. The molecule has 0 saturated carbocycles. The number of rotatable bonds is 4. The third kappa shape index (κ3) is 3.66. The van der Waals surface area contributed by atoms with Crippen LogP contribution in [0, 0.1) is 0 Å². The van der Waals surface area contributed by atoms with Crippen LogP contribution >= 0.6 is 15.9 Å². The lowest BCUT2D eigenvalue weighted by atomic mass is 9.97. The number of nitrogens with one attached hydrogen (secondary N) is 1. The van der Waals surface area contributed by atoms with E-state index in [2.05, 4.69) is 26.5 Å². The van der Waals surface area contributed by atoms with Crippen molar-refractivity contribution in [1.29, 1.82) is 0 Å². The normalized spacial score (nSPS) is 16.7. The predicted molar refractivity (Wildman–Crippen MR) is 95.3 cm³/mol. The van der Waals surface area contributed by atoms with Crippen LogP contribution in [0.25, 0.3) is 0 Å². The van der Waals surface area contributed by atoms with Gasteiger partial charge in [-0.15, -0.1) is 0 Å². The average Bonchev–Trinajstić information content (AvgIpc) is 2.61. The molecule has 0 saturated heterocycles. The van der Waals surface area contributed by atoms with E-state index in [9.17, 15) is 4.79 Å². The number of amides is 1. The van der Waals surface area contributed by atoms with Crippen LogP contribution in [0.1, 0.15) is 22.8 Å². The van der Waals surface area contributed by atoms with Crippen LogP contribution in [0.2, 0.25) is 0 Å². The first-order valence-corrected chi connectivity index (χ1v) is 8.34. The maximum atomic E-state index is 12.4. The molecule has 1 atom stereocenters. The number of fused-ring (bicyclic) bond motifs is 1. The standard InChI is InChI=1S/C18H17BrN2O3/c1-23-16-7-6-14(19)10-13(16)11-20-21-18(22)17-15-5-3-2-4-12(15)8-9-24-17/h2-7,10-11,17H,8-9H2,1H3,(H,21,22)/b20-11-. The van der Waals surface area contributed by atoms with Gasteiger partial charge in [0.05, 0.1) is 19.9 Å². The molecule has 5 nitrogen and oxygen atoms in total. The molecule has 0 bridgehead atoms. The van der Waals surface area contributed by atoms with E-state index in [0.717, 1.165) is 27.6 Å². The van der Waals surface area contributed by atoms with Gasteiger partial charge in [0.2, 0.25) is 0 Å². The molecule has 124 valence electrons. The Morgan fingerprint density at radius 1 is 1.38 bits per heavy atom. The third-order valence-corrected chi connectivity index (χ3v) is 4.29. The maximum Gasteiger partial charge on any atom is 0.273 e. The van der Waals surface area contributed by atoms with Gasteiger partial charge in [-0.2, -0.15) is 5.10 Å². The van der Waals surface area contributed by atoms with E-state index in [4.69, 9.17) is 9.47 Å². The van der Waals surface area contributed by atoms with Gasteiger partial charge in [0.1, 0.15) is 5.75 Å². The SMILES string of the molecule is COc1ccc(Br)cc1/C=N\NC(=O)C1OCCc2ccccc21. The minimum Gasteiger partial charge on any atom is -0.496 e. The molecule has 1 amide bonds. The fourth-order valence-corrected chi connectivity index (χ4v) is 3.02. The summed E-state index contributed by atoms with van der Waals surface area (Å²) < 4.78 is 11.8. The summed E-state index contributed by atoms with van der Waals surface area (Å²) in [6.45, 7) is 0.526. The minimum absolute atomic E-state index is 0.285. The van der Waals surface area contributed by atoms with E-state index in [1.165, 1.54) is 0 Å². The maximum absolute atomic E-state index is 12.4. The smallest absolute Gasteiger partial charge is 0.273 e. The number of ether oxygens (including phenoxy) is 2. The molecule has 1 aliphatic rings. The lowest BCUT2D eigenvalue weighted by Gasteiger charge is -2.24. The summed E-state index contributed by atoms with van der Waals surface area (Å²) in [4.78, 5) is 12.4. The van der Waals surface area contributed by atoms with Crippen molar-refractivity contribution in [3.8, 4) is 5.75 Å². The van der Waals surface area contributed by atoms with Crippen molar-refractivity contribution < 1.29 is 14.3 Å². The Morgan fingerprint density at radius 3 is 3.04 bits per heavy atom. The lowest BCUT2D eigenvalue weighted by molar-refractivity contribution is -0.134. The average molecular weight is 389 g/mol. The molecule has 0 aliphatic carbocycles. The monoisotopic (exact) mass is 388 g/mol. The molecule has 2 aromatic rings. The van der Waals surface area contributed by atoms with Crippen molar-refractivity contribution in [3.05, 3.63) is 63.6 Å². The van der Waals surface area contributed by atoms with Gasteiger partial charge in [-0.25, -0.2) is 5.43 Å². The predicted octanol–water partition coefficient (Wildman–Crippen LogP) is 3.22. The summed E-state index contributed by atoms with van der Waals surface area (Å²) in [5.41, 5.74) is 5.35. The van der Waals surface area contributed by atoms with E-state index < -0.39 is 6.10 Å². The fraction of sp³-hybridized carbons (Fsp3) is 0.222. The van der Waals surface area contributed by atoms with Crippen LogP contribution in [0.4, 0.5) is 0 Å². The Bertz CT molecular complexity index is 777. The van der Waals surface area contributed by atoms with Crippen molar-refractivity contribution >= 4 is 28.1 Å². The Morgan fingerprint density at radius 2 is 2.21 bits per heavy atom. The van der Waals surface area contributed by atoms with Gasteiger partial charge in [0, 0.05) is 10.0 Å². The highest BCUT2D eigenvalue weighted by Gasteiger charge is 2.26. The van der Waals surface area contributed by atoms with Crippen LogP contribution in [0.15, 0.2) is 52.0 Å². The number of benzene rings is 2. The zero-order valence-electron chi connectivity index (χ0n) is 13.2. The highest BCUT2D eigenvalue weighted by Crippen LogP contribution is 2.27. The summed E-state index contributed by atoms with van der Waals surface area (Å²) >= 11 is 3.40. The van der Waals surface area contributed by atoms with E-state index in [1.807, 2.05) is 42.5 Å². The zero-order chi connectivity index (χ0) is 16.9. The molecule has 0 radical (unpaired) electrons. The Kier molecular flexibility index (Phi) is 5.27. The van der Waals surface area contributed by atoms with Crippen LogP contribution in [-0.4, -0.2) is 25.8 Å². The van der Waals surface area contributed by atoms with Crippen molar-refractivity contribution in [3.63, 3.8) is 0 Å². The molecule has 0 fully saturated rings. The number of hydrogen-bond acceptors (Lipinski definition) is 4. The molecule has 1 heterocycles. The number of methoxy groups -OCH3 is 1. The van der Waals surface area contributed by atoms with Crippen LogP contribution in [0.3, 0.4) is 0 Å². The Labute approximate surface area is 148 Å². The molecule has 1 aliphatic heterocycles. The molecular weight excluding hydrogens is 372 g/mol. The van der Waals surface area contributed by atoms with Gasteiger partial charge < -0.3 is 9.47 Å². The summed E-state index contributed by atoms with van der Waals surface area (Å²) in [6, 6.07) is 13.4. The molecule has 6 heteroatoms. The van der Waals surface area contributed by atoms with E-state index >= 15 is 0 Å². The number of nitrogens with zero attached hydrogens (tertiary/aromatic N) is 1. The number of carbonyl (C=O) groups excluding carboxylic acids is 1.